The molecule has 8 heteroatoms. The molecule has 0 bridgehead atoms. The SMILES string of the molecule is CSc1nnc(CNS(=O)(=O)c2ccccc2)n1-c1ccccc1C. The number of hydrogen-bond donors (Lipinski definition) is 1. The van der Waals surface area contributed by atoms with Crippen molar-refractivity contribution < 1.29 is 8.42 Å². The lowest BCUT2D eigenvalue weighted by atomic mass is 10.2. The smallest absolute Gasteiger partial charge is 0.240 e. The zero-order valence-corrected chi connectivity index (χ0v) is 15.5. The van der Waals surface area contributed by atoms with E-state index in [1.807, 2.05) is 42.0 Å². The summed E-state index contributed by atoms with van der Waals surface area (Å²) in [6.07, 6.45) is 1.91. The number of nitrogens with zero attached hydrogens (tertiary/aromatic N) is 3. The Bertz CT molecular complexity index is 969. The van der Waals surface area contributed by atoms with Gasteiger partial charge in [0.1, 0.15) is 0 Å². The number of aromatic nitrogens is 3. The molecule has 1 heterocycles. The molecule has 25 heavy (non-hydrogen) atoms. The fraction of sp³-hybridized carbons (Fsp3) is 0.176. The predicted molar refractivity (Wildman–Crippen MR) is 98.3 cm³/mol. The summed E-state index contributed by atoms with van der Waals surface area (Å²) < 4.78 is 29.3. The first-order valence-corrected chi connectivity index (χ1v) is 10.3. The van der Waals surface area contributed by atoms with Gasteiger partial charge in [0.25, 0.3) is 0 Å². The molecule has 3 rings (SSSR count). The number of para-hydroxylation sites is 1. The van der Waals surface area contributed by atoms with Crippen molar-refractivity contribution in [1.82, 2.24) is 19.5 Å². The van der Waals surface area contributed by atoms with Crippen molar-refractivity contribution >= 4 is 21.8 Å². The summed E-state index contributed by atoms with van der Waals surface area (Å²) in [7, 11) is -3.60. The third-order valence-corrected chi connectivity index (χ3v) is 5.76. The van der Waals surface area contributed by atoms with E-state index in [4.69, 9.17) is 0 Å². The molecule has 0 aliphatic rings. The van der Waals surface area contributed by atoms with Crippen molar-refractivity contribution in [3.8, 4) is 5.69 Å². The minimum atomic E-state index is -3.60. The summed E-state index contributed by atoms with van der Waals surface area (Å²) in [5, 5.41) is 9.04. The van der Waals surface area contributed by atoms with Crippen LogP contribution in [0.15, 0.2) is 64.6 Å². The molecule has 1 aromatic heterocycles. The van der Waals surface area contributed by atoms with Gasteiger partial charge in [-0.25, -0.2) is 13.1 Å². The van der Waals surface area contributed by atoms with Crippen LogP contribution in [0.5, 0.6) is 0 Å². The van der Waals surface area contributed by atoms with E-state index >= 15 is 0 Å². The van der Waals surface area contributed by atoms with E-state index in [-0.39, 0.29) is 11.4 Å². The van der Waals surface area contributed by atoms with Crippen LogP contribution in [0.1, 0.15) is 11.4 Å². The van der Waals surface area contributed by atoms with Crippen molar-refractivity contribution in [2.24, 2.45) is 0 Å². The Morgan fingerprint density at radius 1 is 1.04 bits per heavy atom. The van der Waals surface area contributed by atoms with E-state index in [0.29, 0.717) is 11.0 Å². The first kappa shape index (κ1) is 17.7. The van der Waals surface area contributed by atoms with Crippen molar-refractivity contribution in [2.75, 3.05) is 6.26 Å². The molecule has 0 amide bonds. The summed E-state index contributed by atoms with van der Waals surface area (Å²) >= 11 is 1.46. The second kappa shape index (κ2) is 7.38. The van der Waals surface area contributed by atoms with Gasteiger partial charge >= 0.3 is 0 Å². The van der Waals surface area contributed by atoms with Gasteiger partial charge in [-0.15, -0.1) is 10.2 Å². The number of aryl methyl sites for hydroxylation is 1. The van der Waals surface area contributed by atoms with Crippen LogP contribution in [-0.4, -0.2) is 29.4 Å². The highest BCUT2D eigenvalue weighted by Crippen LogP contribution is 2.22. The normalized spacial score (nSPS) is 11.6. The molecule has 2 aromatic carbocycles. The topological polar surface area (TPSA) is 76.9 Å². The van der Waals surface area contributed by atoms with E-state index in [9.17, 15) is 8.42 Å². The molecule has 0 saturated heterocycles. The maximum absolute atomic E-state index is 12.4. The van der Waals surface area contributed by atoms with Gasteiger partial charge < -0.3 is 0 Å². The van der Waals surface area contributed by atoms with Crippen LogP contribution in [0.3, 0.4) is 0 Å². The van der Waals surface area contributed by atoms with Crippen molar-refractivity contribution in [3.05, 3.63) is 66.0 Å². The maximum Gasteiger partial charge on any atom is 0.240 e. The summed E-state index contributed by atoms with van der Waals surface area (Å²) in [6.45, 7) is 2.05. The van der Waals surface area contributed by atoms with Gasteiger partial charge in [0.15, 0.2) is 11.0 Å². The van der Waals surface area contributed by atoms with E-state index in [0.717, 1.165) is 11.3 Å². The van der Waals surface area contributed by atoms with E-state index in [1.54, 1.807) is 30.3 Å². The summed E-state index contributed by atoms with van der Waals surface area (Å²) in [5.74, 6) is 0.540. The zero-order valence-electron chi connectivity index (χ0n) is 13.9. The highest BCUT2D eigenvalue weighted by Gasteiger charge is 2.18. The maximum atomic E-state index is 12.4. The molecular weight excluding hydrogens is 356 g/mol. The number of thioether (sulfide) groups is 1. The molecule has 130 valence electrons. The molecular formula is C17H18N4O2S2. The van der Waals surface area contributed by atoms with Crippen LogP contribution in [-0.2, 0) is 16.6 Å². The van der Waals surface area contributed by atoms with Gasteiger partial charge in [-0.2, -0.15) is 0 Å². The third kappa shape index (κ3) is 3.76. The lowest BCUT2D eigenvalue weighted by Crippen LogP contribution is -2.25. The van der Waals surface area contributed by atoms with Gasteiger partial charge in [0, 0.05) is 0 Å². The van der Waals surface area contributed by atoms with E-state index < -0.39 is 10.0 Å². The van der Waals surface area contributed by atoms with Gasteiger partial charge in [-0.05, 0) is 36.9 Å². The highest BCUT2D eigenvalue weighted by atomic mass is 32.2. The Labute approximate surface area is 151 Å². The Kier molecular flexibility index (Phi) is 5.22. The Hall–Kier alpha value is -2.16. The van der Waals surface area contributed by atoms with Gasteiger partial charge in [-0.1, -0.05) is 48.2 Å². The number of hydrogen-bond acceptors (Lipinski definition) is 5. The molecule has 6 nitrogen and oxygen atoms in total. The molecule has 3 aromatic rings. The minimum Gasteiger partial charge on any atom is -0.273 e. The standard InChI is InChI=1S/C17H18N4O2S2/c1-13-8-6-7-11-15(13)21-16(19-20-17(21)24-2)12-18-25(22,23)14-9-4-3-5-10-14/h3-11,18H,12H2,1-2H3. The lowest BCUT2D eigenvalue weighted by Gasteiger charge is -2.12. The predicted octanol–water partition coefficient (Wildman–Crippen LogP) is 2.78. The second-order valence-electron chi connectivity index (χ2n) is 5.36. The van der Waals surface area contributed by atoms with Crippen molar-refractivity contribution in [1.29, 1.82) is 0 Å². The lowest BCUT2D eigenvalue weighted by molar-refractivity contribution is 0.578. The molecule has 0 aliphatic heterocycles. The highest BCUT2D eigenvalue weighted by molar-refractivity contribution is 7.98. The first-order chi connectivity index (χ1) is 12.0. The summed E-state index contributed by atoms with van der Waals surface area (Å²) in [5.41, 5.74) is 2.00. The quantitative estimate of drug-likeness (QED) is 0.672. The molecule has 0 atom stereocenters. The number of rotatable bonds is 6. The number of sulfonamides is 1. The molecule has 0 aliphatic carbocycles. The second-order valence-corrected chi connectivity index (χ2v) is 7.90. The monoisotopic (exact) mass is 374 g/mol. The van der Waals surface area contributed by atoms with Crippen LogP contribution >= 0.6 is 11.8 Å². The molecule has 1 N–H and O–H groups in total. The van der Waals surface area contributed by atoms with Crippen LogP contribution in [0.4, 0.5) is 0 Å². The van der Waals surface area contributed by atoms with Crippen LogP contribution in [0.25, 0.3) is 5.69 Å². The molecule has 0 spiro atoms. The largest absolute Gasteiger partial charge is 0.273 e. The third-order valence-electron chi connectivity index (χ3n) is 3.71. The van der Waals surface area contributed by atoms with Crippen LogP contribution in [0.2, 0.25) is 0 Å². The molecule has 0 fully saturated rings. The van der Waals surface area contributed by atoms with Gasteiger partial charge in [-0.3, -0.25) is 4.57 Å². The Morgan fingerprint density at radius 3 is 2.40 bits per heavy atom. The Balaban J connectivity index is 1.92. The molecule has 0 unspecified atom stereocenters. The zero-order chi connectivity index (χ0) is 17.9. The van der Waals surface area contributed by atoms with Crippen molar-refractivity contribution in [2.45, 2.75) is 23.5 Å². The summed E-state index contributed by atoms with van der Waals surface area (Å²) in [4.78, 5) is 0.224. The first-order valence-electron chi connectivity index (χ1n) is 7.62. The average molecular weight is 374 g/mol. The van der Waals surface area contributed by atoms with E-state index in [2.05, 4.69) is 14.9 Å². The van der Waals surface area contributed by atoms with Crippen LogP contribution < -0.4 is 4.72 Å². The minimum absolute atomic E-state index is 0.0547. The average Bonchev–Trinajstić information content (AvgIpc) is 3.04. The Morgan fingerprint density at radius 2 is 1.72 bits per heavy atom. The summed E-state index contributed by atoms with van der Waals surface area (Å²) in [6, 6.07) is 16.1. The number of nitrogens with one attached hydrogen (secondary N) is 1. The van der Waals surface area contributed by atoms with Gasteiger partial charge in [0.05, 0.1) is 17.1 Å². The van der Waals surface area contributed by atoms with E-state index in [1.165, 1.54) is 11.8 Å². The fourth-order valence-electron chi connectivity index (χ4n) is 2.45. The molecule has 0 radical (unpaired) electrons. The molecule has 0 saturated carbocycles. The van der Waals surface area contributed by atoms with Crippen LogP contribution in [0, 0.1) is 6.92 Å². The van der Waals surface area contributed by atoms with Crippen molar-refractivity contribution in [3.63, 3.8) is 0 Å². The van der Waals surface area contributed by atoms with Gasteiger partial charge in [0.2, 0.25) is 10.0 Å². The fourth-order valence-corrected chi connectivity index (χ4v) is 3.96. The number of benzene rings is 2.